The van der Waals surface area contributed by atoms with Crippen molar-refractivity contribution in [1.29, 1.82) is 0 Å². The highest BCUT2D eigenvalue weighted by molar-refractivity contribution is 7.11. The first-order valence-electron chi connectivity index (χ1n) is 16.0. The van der Waals surface area contributed by atoms with Crippen molar-refractivity contribution in [3.8, 4) is 0 Å². The van der Waals surface area contributed by atoms with E-state index in [1.54, 1.807) is 0 Å². The van der Waals surface area contributed by atoms with Gasteiger partial charge in [-0.25, -0.2) is 0 Å². The zero-order valence-electron chi connectivity index (χ0n) is 26.4. The maximum absolute atomic E-state index is 2.57. The van der Waals surface area contributed by atoms with Crippen LogP contribution in [0.1, 0.15) is 33.4 Å². The molecule has 0 saturated carbocycles. The normalized spacial score (nSPS) is 13.1. The first-order valence-corrected chi connectivity index (χ1v) is 16.0. The van der Waals surface area contributed by atoms with E-state index in [-0.39, 0.29) is 13.4 Å². The molecule has 6 aromatic carbocycles. The van der Waals surface area contributed by atoms with Crippen molar-refractivity contribution in [3.05, 3.63) is 172 Å². The van der Waals surface area contributed by atoms with Gasteiger partial charge in [-0.1, -0.05) is 163 Å². The Morgan fingerprint density at radius 3 is 0.818 bits per heavy atom. The van der Waals surface area contributed by atoms with Crippen molar-refractivity contribution in [1.82, 2.24) is 0 Å². The molecule has 0 N–H and O–H groups in total. The van der Waals surface area contributed by atoms with Crippen LogP contribution in [-0.2, 0) is 0 Å². The maximum atomic E-state index is 2.57. The lowest BCUT2D eigenvalue weighted by Gasteiger charge is -2.35. The summed E-state index contributed by atoms with van der Waals surface area (Å²) in [5.74, 6) is 0. The lowest BCUT2D eigenvalue weighted by atomic mass is 9.20. The highest BCUT2D eigenvalue weighted by atomic mass is 14.2. The SMILES string of the molecule is Cc1cc(C)c(B2c3cc4c(cc3B(c3c(C)cc(C)cc3C)c3cc5c(cc32)=c2ccccc2=5)=c2ccccc2=4)c(C)c1. The number of aryl methyl sites for hydroxylation is 6. The molecule has 0 bridgehead atoms. The molecule has 0 aromatic heterocycles. The fourth-order valence-electron chi connectivity index (χ4n) is 9.19. The van der Waals surface area contributed by atoms with Gasteiger partial charge in [0.1, 0.15) is 0 Å². The van der Waals surface area contributed by atoms with Crippen molar-refractivity contribution < 1.29 is 0 Å². The molecule has 0 nitrogen and oxygen atoms in total. The largest absolute Gasteiger partial charge is 0.240 e. The summed E-state index contributed by atoms with van der Waals surface area (Å²) in [6.07, 6.45) is 0. The molecule has 44 heavy (non-hydrogen) atoms. The summed E-state index contributed by atoms with van der Waals surface area (Å²) >= 11 is 0. The van der Waals surface area contributed by atoms with Gasteiger partial charge in [-0.2, -0.15) is 0 Å². The molecule has 0 atom stereocenters. The zero-order chi connectivity index (χ0) is 30.0. The third-order valence-electron chi connectivity index (χ3n) is 10.8. The van der Waals surface area contributed by atoms with Crippen LogP contribution in [0.15, 0.2) is 97.1 Å². The summed E-state index contributed by atoms with van der Waals surface area (Å²) in [7, 11) is 0. The van der Waals surface area contributed by atoms with Crippen LogP contribution in [0.25, 0.3) is 0 Å². The highest BCUT2D eigenvalue weighted by Gasteiger charge is 2.41. The topological polar surface area (TPSA) is 0 Å². The van der Waals surface area contributed by atoms with Crippen LogP contribution in [0.2, 0.25) is 0 Å². The van der Waals surface area contributed by atoms with Crippen LogP contribution in [-0.4, -0.2) is 13.4 Å². The number of hydrogen-bond donors (Lipinski definition) is 0. The quantitative estimate of drug-likeness (QED) is 0.270. The Labute approximate surface area is 259 Å². The zero-order valence-corrected chi connectivity index (χ0v) is 26.4. The molecule has 0 spiro atoms. The fourth-order valence-corrected chi connectivity index (χ4v) is 9.19. The van der Waals surface area contributed by atoms with E-state index in [4.69, 9.17) is 0 Å². The summed E-state index contributed by atoms with van der Waals surface area (Å²) in [6, 6.07) is 37.7. The summed E-state index contributed by atoms with van der Waals surface area (Å²) < 4.78 is 0. The molecule has 0 unspecified atom stereocenters. The fraction of sp³-hybridized carbons (Fsp3) is 0.143. The molecular weight excluding hydrogens is 526 g/mol. The average Bonchev–Trinajstić information content (AvgIpc) is 2.98. The summed E-state index contributed by atoms with van der Waals surface area (Å²) in [6.45, 7) is 14.1. The van der Waals surface area contributed by atoms with E-state index < -0.39 is 0 Å². The van der Waals surface area contributed by atoms with Gasteiger partial charge in [-0.15, -0.1) is 0 Å². The van der Waals surface area contributed by atoms with E-state index in [1.165, 1.54) is 108 Å². The second-order valence-electron chi connectivity index (χ2n) is 13.6. The van der Waals surface area contributed by atoms with Gasteiger partial charge in [0.15, 0.2) is 0 Å². The van der Waals surface area contributed by atoms with E-state index in [0.29, 0.717) is 0 Å². The molecule has 2 heteroatoms. The van der Waals surface area contributed by atoms with Crippen LogP contribution in [0, 0.1) is 83.3 Å². The maximum Gasteiger partial charge on any atom is 0.240 e. The number of fused-ring (bicyclic) bond motifs is 6. The average molecular weight is 560 g/mol. The molecule has 1 aliphatic heterocycles. The van der Waals surface area contributed by atoms with Gasteiger partial charge >= 0.3 is 0 Å². The molecule has 2 aliphatic carbocycles. The Hall–Kier alpha value is -4.55. The molecule has 3 aliphatic rings. The first kappa shape index (κ1) is 25.9. The molecule has 0 amide bonds. The van der Waals surface area contributed by atoms with E-state index in [9.17, 15) is 0 Å². The van der Waals surface area contributed by atoms with Crippen molar-refractivity contribution in [3.63, 3.8) is 0 Å². The summed E-state index contributed by atoms with van der Waals surface area (Å²) in [5, 5.41) is 11.2. The van der Waals surface area contributed by atoms with Crippen LogP contribution in [0.4, 0.5) is 0 Å². The predicted octanol–water partition coefficient (Wildman–Crippen LogP) is 4.66. The Bertz CT molecular complexity index is 2330. The predicted molar refractivity (Wildman–Crippen MR) is 187 cm³/mol. The van der Waals surface area contributed by atoms with Gasteiger partial charge < -0.3 is 0 Å². The van der Waals surface area contributed by atoms with Gasteiger partial charge in [-0.3, -0.25) is 0 Å². The number of hydrogen-bond acceptors (Lipinski definition) is 0. The van der Waals surface area contributed by atoms with E-state index in [2.05, 4.69) is 139 Å². The van der Waals surface area contributed by atoms with Crippen molar-refractivity contribution >= 4 is 46.2 Å². The monoisotopic (exact) mass is 560 g/mol. The standard InChI is InChI=1S/C42H34B2/c1-23-15-25(3)41(26(4)16-23)43-37-19-33-29-11-7-9-13-31(29)35(33)21-39(37)44(42-27(5)17-24(2)18-28(42)6)40-22-36-32-14-10-8-12-30(32)34(36)20-38(40)43/h7-22H,1-6H3. The Morgan fingerprint density at radius 1 is 0.318 bits per heavy atom. The molecule has 6 aromatic rings. The summed E-state index contributed by atoms with van der Waals surface area (Å²) in [5.41, 5.74) is 17.0. The second kappa shape index (κ2) is 8.99. The smallest absolute Gasteiger partial charge is 0.0726 e. The van der Waals surface area contributed by atoms with Crippen LogP contribution >= 0.6 is 0 Å². The highest BCUT2D eigenvalue weighted by Crippen LogP contribution is 2.19. The molecular formula is C42H34B2. The van der Waals surface area contributed by atoms with Gasteiger partial charge in [0.25, 0.3) is 0 Å². The molecule has 0 saturated heterocycles. The van der Waals surface area contributed by atoms with E-state index in [1.807, 2.05) is 0 Å². The minimum absolute atomic E-state index is 0.180. The van der Waals surface area contributed by atoms with Gasteiger partial charge in [0, 0.05) is 0 Å². The van der Waals surface area contributed by atoms with Crippen LogP contribution in [0.5, 0.6) is 0 Å². The summed E-state index contributed by atoms with van der Waals surface area (Å²) in [4.78, 5) is 0. The van der Waals surface area contributed by atoms with Crippen molar-refractivity contribution in [2.45, 2.75) is 41.5 Å². The van der Waals surface area contributed by atoms with Crippen molar-refractivity contribution in [2.24, 2.45) is 0 Å². The third-order valence-corrected chi connectivity index (χ3v) is 10.8. The van der Waals surface area contributed by atoms with Gasteiger partial charge in [0.05, 0.1) is 0 Å². The van der Waals surface area contributed by atoms with Crippen LogP contribution < -0.4 is 32.8 Å². The number of rotatable bonds is 2. The number of benzene rings is 6. The third kappa shape index (κ3) is 3.37. The van der Waals surface area contributed by atoms with Crippen LogP contribution in [0.3, 0.4) is 0 Å². The minimum atomic E-state index is 0.180. The Balaban J connectivity index is 1.48. The Kier molecular flexibility index (Phi) is 5.29. The molecule has 0 radical (unpaired) electrons. The van der Waals surface area contributed by atoms with Gasteiger partial charge in [0.2, 0.25) is 13.4 Å². The van der Waals surface area contributed by atoms with Gasteiger partial charge in [-0.05, 0) is 83.3 Å². The molecule has 9 rings (SSSR count). The van der Waals surface area contributed by atoms with Crippen molar-refractivity contribution in [2.75, 3.05) is 0 Å². The van der Waals surface area contributed by atoms with E-state index in [0.717, 1.165) is 0 Å². The lowest BCUT2D eigenvalue weighted by molar-refractivity contribution is 1.29. The molecule has 1 heterocycles. The first-order chi connectivity index (χ1) is 21.3. The molecule has 208 valence electrons. The minimum Gasteiger partial charge on any atom is -0.0726 e. The lowest BCUT2D eigenvalue weighted by Crippen LogP contribution is -2.76. The van der Waals surface area contributed by atoms with E-state index >= 15 is 0 Å². The Morgan fingerprint density at radius 2 is 0.568 bits per heavy atom. The second-order valence-corrected chi connectivity index (χ2v) is 13.6. The molecule has 0 fully saturated rings.